The summed E-state index contributed by atoms with van der Waals surface area (Å²) in [7, 11) is 0. The SMILES string of the molecule is CC(C)(CCc1ccccc1)NC(=O)[C@@H]1CC[C@H](CN)O1. The van der Waals surface area contributed by atoms with Crippen LogP contribution in [0, 0.1) is 0 Å². The highest BCUT2D eigenvalue weighted by Gasteiger charge is 2.32. The highest BCUT2D eigenvalue weighted by molar-refractivity contribution is 5.81. The van der Waals surface area contributed by atoms with Crippen LogP contribution in [0.3, 0.4) is 0 Å². The lowest BCUT2D eigenvalue weighted by molar-refractivity contribution is -0.133. The van der Waals surface area contributed by atoms with Gasteiger partial charge >= 0.3 is 0 Å². The Balaban J connectivity index is 1.81. The van der Waals surface area contributed by atoms with E-state index in [-0.39, 0.29) is 23.7 Å². The average Bonchev–Trinajstić information content (AvgIpc) is 2.95. The van der Waals surface area contributed by atoms with Crippen LogP contribution in [0.25, 0.3) is 0 Å². The van der Waals surface area contributed by atoms with Crippen LogP contribution < -0.4 is 11.1 Å². The molecule has 3 N–H and O–H groups in total. The molecule has 1 saturated heterocycles. The van der Waals surface area contributed by atoms with Crippen molar-refractivity contribution in [2.24, 2.45) is 5.73 Å². The molecular weight excluding hydrogens is 264 g/mol. The number of hydrogen-bond acceptors (Lipinski definition) is 3. The fourth-order valence-corrected chi connectivity index (χ4v) is 2.65. The maximum atomic E-state index is 12.3. The number of nitrogens with two attached hydrogens (primary N) is 1. The quantitative estimate of drug-likeness (QED) is 0.842. The largest absolute Gasteiger partial charge is 0.364 e. The fourth-order valence-electron chi connectivity index (χ4n) is 2.65. The number of benzene rings is 1. The van der Waals surface area contributed by atoms with Crippen molar-refractivity contribution in [3.63, 3.8) is 0 Å². The molecule has 0 unspecified atom stereocenters. The predicted octanol–water partition coefficient (Wildman–Crippen LogP) is 2.02. The lowest BCUT2D eigenvalue weighted by atomic mass is 9.95. The minimum atomic E-state index is -0.338. The zero-order valence-electron chi connectivity index (χ0n) is 13.0. The van der Waals surface area contributed by atoms with Crippen molar-refractivity contribution >= 4 is 5.91 Å². The molecule has 1 aromatic rings. The molecule has 4 nitrogen and oxygen atoms in total. The van der Waals surface area contributed by atoms with Crippen molar-refractivity contribution in [1.82, 2.24) is 5.32 Å². The van der Waals surface area contributed by atoms with Crippen molar-refractivity contribution in [3.05, 3.63) is 35.9 Å². The molecule has 0 spiro atoms. The normalized spacial score (nSPS) is 22.2. The molecule has 0 aromatic heterocycles. The highest BCUT2D eigenvalue weighted by atomic mass is 16.5. The molecule has 1 aromatic carbocycles. The molecule has 0 saturated carbocycles. The molecule has 2 atom stereocenters. The zero-order chi connectivity index (χ0) is 15.3. The third kappa shape index (κ3) is 4.83. The van der Waals surface area contributed by atoms with Gasteiger partial charge in [-0.25, -0.2) is 0 Å². The van der Waals surface area contributed by atoms with Crippen LogP contribution in [0.2, 0.25) is 0 Å². The van der Waals surface area contributed by atoms with E-state index in [0.29, 0.717) is 6.54 Å². The molecule has 116 valence electrons. The molecule has 1 aliphatic rings. The van der Waals surface area contributed by atoms with E-state index >= 15 is 0 Å². The number of carbonyl (C=O) groups excluding carboxylic acids is 1. The van der Waals surface area contributed by atoms with E-state index < -0.39 is 0 Å². The summed E-state index contributed by atoms with van der Waals surface area (Å²) in [5.74, 6) is -0.0102. The molecular formula is C17H26N2O2. The van der Waals surface area contributed by atoms with Crippen molar-refractivity contribution in [2.75, 3.05) is 6.54 Å². The minimum absolute atomic E-state index is 0.0102. The number of rotatable bonds is 6. The average molecular weight is 290 g/mol. The topological polar surface area (TPSA) is 64.4 Å². The molecule has 1 aliphatic heterocycles. The predicted molar refractivity (Wildman–Crippen MR) is 83.9 cm³/mol. The first-order chi connectivity index (χ1) is 10.00. The molecule has 0 bridgehead atoms. The van der Waals surface area contributed by atoms with Crippen LogP contribution in [0.1, 0.15) is 38.7 Å². The van der Waals surface area contributed by atoms with Gasteiger partial charge < -0.3 is 15.8 Å². The summed E-state index contributed by atoms with van der Waals surface area (Å²) in [6.45, 7) is 4.60. The Morgan fingerprint density at radius 3 is 2.67 bits per heavy atom. The van der Waals surface area contributed by atoms with Gasteiger partial charge in [-0.2, -0.15) is 0 Å². The van der Waals surface area contributed by atoms with E-state index in [1.165, 1.54) is 5.56 Å². The number of carbonyl (C=O) groups is 1. The highest BCUT2D eigenvalue weighted by Crippen LogP contribution is 2.21. The summed E-state index contributed by atoms with van der Waals surface area (Å²) >= 11 is 0. The summed E-state index contributed by atoms with van der Waals surface area (Å²) < 4.78 is 5.64. The van der Waals surface area contributed by atoms with Crippen LogP contribution in [-0.2, 0) is 16.0 Å². The van der Waals surface area contributed by atoms with Gasteiger partial charge in [-0.1, -0.05) is 30.3 Å². The Bertz CT molecular complexity index is 459. The van der Waals surface area contributed by atoms with Gasteiger partial charge in [0.05, 0.1) is 6.10 Å². The Morgan fingerprint density at radius 2 is 2.05 bits per heavy atom. The second kappa shape index (κ2) is 7.05. The van der Waals surface area contributed by atoms with Crippen LogP contribution in [0.15, 0.2) is 30.3 Å². The molecule has 1 amide bonds. The fraction of sp³-hybridized carbons (Fsp3) is 0.588. The summed E-state index contributed by atoms with van der Waals surface area (Å²) in [5, 5.41) is 3.11. The van der Waals surface area contributed by atoms with Gasteiger partial charge in [0, 0.05) is 12.1 Å². The lowest BCUT2D eigenvalue weighted by Crippen LogP contribution is -2.48. The van der Waals surface area contributed by atoms with Gasteiger partial charge in [-0.15, -0.1) is 0 Å². The van der Waals surface area contributed by atoms with Crippen molar-refractivity contribution in [1.29, 1.82) is 0 Å². The van der Waals surface area contributed by atoms with Crippen LogP contribution in [-0.4, -0.2) is 30.2 Å². The molecule has 1 fully saturated rings. The van der Waals surface area contributed by atoms with Crippen LogP contribution in [0.4, 0.5) is 0 Å². The summed E-state index contributed by atoms with van der Waals surface area (Å²) in [6.07, 6.45) is 3.19. The first-order valence-electron chi connectivity index (χ1n) is 7.71. The van der Waals surface area contributed by atoms with Gasteiger partial charge in [0.2, 0.25) is 5.91 Å². The Hall–Kier alpha value is -1.39. The van der Waals surface area contributed by atoms with E-state index in [0.717, 1.165) is 25.7 Å². The second-order valence-corrected chi connectivity index (χ2v) is 6.42. The summed E-state index contributed by atoms with van der Waals surface area (Å²) in [5.41, 5.74) is 6.63. The first kappa shape index (κ1) is 16.0. The molecule has 21 heavy (non-hydrogen) atoms. The Morgan fingerprint density at radius 1 is 1.33 bits per heavy atom. The van der Waals surface area contributed by atoms with E-state index in [1.807, 2.05) is 18.2 Å². The smallest absolute Gasteiger partial charge is 0.249 e. The number of nitrogens with one attached hydrogen (secondary N) is 1. The van der Waals surface area contributed by atoms with Crippen LogP contribution >= 0.6 is 0 Å². The van der Waals surface area contributed by atoms with Gasteiger partial charge in [0.25, 0.3) is 0 Å². The molecule has 1 heterocycles. The van der Waals surface area contributed by atoms with Crippen molar-refractivity contribution in [3.8, 4) is 0 Å². The standard InChI is InChI=1S/C17H26N2O2/c1-17(2,11-10-13-6-4-3-5-7-13)19-16(20)15-9-8-14(12-18)21-15/h3-7,14-15H,8-12,18H2,1-2H3,(H,19,20)/t14-,15+/m1/s1. The van der Waals surface area contributed by atoms with E-state index in [9.17, 15) is 4.79 Å². The van der Waals surface area contributed by atoms with Crippen molar-refractivity contribution < 1.29 is 9.53 Å². The molecule has 0 aliphatic carbocycles. The summed E-state index contributed by atoms with van der Waals surface area (Å²) in [6, 6.07) is 10.3. The maximum absolute atomic E-state index is 12.3. The lowest BCUT2D eigenvalue weighted by Gasteiger charge is -2.28. The molecule has 4 heteroatoms. The van der Waals surface area contributed by atoms with E-state index in [2.05, 4.69) is 31.3 Å². The van der Waals surface area contributed by atoms with Gasteiger partial charge in [-0.3, -0.25) is 4.79 Å². The Labute approximate surface area is 127 Å². The van der Waals surface area contributed by atoms with Crippen LogP contribution in [0.5, 0.6) is 0 Å². The first-order valence-corrected chi connectivity index (χ1v) is 7.71. The second-order valence-electron chi connectivity index (χ2n) is 6.42. The third-order valence-electron chi connectivity index (χ3n) is 4.01. The Kier molecular flexibility index (Phi) is 5.37. The van der Waals surface area contributed by atoms with E-state index in [4.69, 9.17) is 10.5 Å². The third-order valence-corrected chi connectivity index (χ3v) is 4.01. The van der Waals surface area contributed by atoms with Gasteiger partial charge in [-0.05, 0) is 45.1 Å². The number of amides is 1. The van der Waals surface area contributed by atoms with Crippen molar-refractivity contribution in [2.45, 2.75) is 57.3 Å². The minimum Gasteiger partial charge on any atom is -0.364 e. The maximum Gasteiger partial charge on any atom is 0.249 e. The molecule has 0 radical (unpaired) electrons. The number of hydrogen-bond donors (Lipinski definition) is 2. The zero-order valence-corrected chi connectivity index (χ0v) is 13.0. The molecule has 2 rings (SSSR count). The van der Waals surface area contributed by atoms with E-state index in [1.54, 1.807) is 0 Å². The van der Waals surface area contributed by atoms with Gasteiger partial charge in [0.15, 0.2) is 0 Å². The number of aryl methyl sites for hydroxylation is 1. The summed E-state index contributed by atoms with van der Waals surface area (Å²) in [4.78, 5) is 12.3. The monoisotopic (exact) mass is 290 g/mol. The van der Waals surface area contributed by atoms with Gasteiger partial charge in [0.1, 0.15) is 6.10 Å². The number of ether oxygens (including phenoxy) is 1.